The summed E-state index contributed by atoms with van der Waals surface area (Å²) in [5.74, 6) is 0.167. The molecule has 1 aromatic heterocycles. The summed E-state index contributed by atoms with van der Waals surface area (Å²) in [4.78, 5) is 25.5. The Bertz CT molecular complexity index is 829. The van der Waals surface area contributed by atoms with Crippen molar-refractivity contribution < 1.29 is 35.1 Å². The van der Waals surface area contributed by atoms with Crippen LogP contribution < -0.4 is 10.6 Å². The summed E-state index contributed by atoms with van der Waals surface area (Å²) in [7, 11) is 0. The van der Waals surface area contributed by atoms with Crippen LogP contribution >= 0.6 is 11.8 Å². The first-order valence-corrected chi connectivity index (χ1v) is 14.5. The van der Waals surface area contributed by atoms with Gasteiger partial charge in [0.15, 0.2) is 5.82 Å². The van der Waals surface area contributed by atoms with E-state index >= 15 is 0 Å². The molecule has 216 valence electrons. The number of nitrogens with one attached hydrogen (secondary N) is 2. The van der Waals surface area contributed by atoms with Crippen LogP contribution in [-0.2, 0) is 9.59 Å². The fourth-order valence-electron chi connectivity index (χ4n) is 4.36. The standard InChI is InChI=1S/C25H43N5O7S/c1-3-5-6-7-8-9-10-11-12-18(31)26-16(15-38-13-4-2)25(37)27-17-14-30(29-28-17)19-20(32)22(34)24(36)23(35)21(19)33/h4,14,16,19-24,32-36H,2-3,5-13,15H2,1H3,(H,26,31)(H,27,37)/t16-,19-,20+,21+,22+,23-,24-/m1/s1. The number of carbonyl (C=O) groups excluding carboxylic acids is 2. The predicted octanol–water partition coefficient (Wildman–Crippen LogP) is 0.363. The number of aliphatic hydroxyl groups is 5. The molecule has 2 radical (unpaired) electrons. The molecule has 2 rings (SSSR count). The SMILES string of the molecule is [CH2][CH]CSC[C@@H](NC(=O)CCCCCCCCCC)C(=O)Nc1cn([C@@H]2[C@H](O)[C@H](O)[C@@H](O)[C@H](O)[C@H]2O)nn1. The maximum Gasteiger partial charge on any atom is 0.249 e. The van der Waals surface area contributed by atoms with Gasteiger partial charge in [-0.3, -0.25) is 9.59 Å². The lowest BCUT2D eigenvalue weighted by molar-refractivity contribution is -0.200. The van der Waals surface area contributed by atoms with Crippen LogP contribution in [0.3, 0.4) is 0 Å². The van der Waals surface area contributed by atoms with Gasteiger partial charge in [0.05, 0.1) is 6.20 Å². The minimum Gasteiger partial charge on any atom is -0.388 e. The molecule has 1 aliphatic carbocycles. The van der Waals surface area contributed by atoms with Gasteiger partial charge in [0.2, 0.25) is 11.8 Å². The van der Waals surface area contributed by atoms with Crippen LogP contribution in [0, 0.1) is 13.3 Å². The Kier molecular flexibility index (Phi) is 14.5. The first-order chi connectivity index (χ1) is 18.2. The van der Waals surface area contributed by atoms with Gasteiger partial charge in [-0.2, -0.15) is 11.8 Å². The fourth-order valence-corrected chi connectivity index (χ4v) is 5.13. The van der Waals surface area contributed by atoms with Gasteiger partial charge in [-0.25, -0.2) is 4.68 Å². The molecule has 7 N–H and O–H groups in total. The molecule has 2 amide bonds. The van der Waals surface area contributed by atoms with Gasteiger partial charge < -0.3 is 36.2 Å². The Morgan fingerprint density at radius 1 is 1.00 bits per heavy atom. The molecule has 1 aliphatic rings. The molecular weight excluding hydrogens is 514 g/mol. The van der Waals surface area contributed by atoms with Crippen LogP contribution in [0.25, 0.3) is 0 Å². The lowest BCUT2D eigenvalue weighted by atomic mass is 9.83. The first kappa shape index (κ1) is 32.4. The van der Waals surface area contributed by atoms with Crippen LogP contribution in [0.4, 0.5) is 5.82 Å². The molecular formula is C25H43N5O7S. The van der Waals surface area contributed by atoms with Crippen molar-refractivity contribution in [1.29, 1.82) is 0 Å². The van der Waals surface area contributed by atoms with Crippen molar-refractivity contribution in [3.63, 3.8) is 0 Å². The van der Waals surface area contributed by atoms with Crippen LogP contribution in [0.5, 0.6) is 0 Å². The number of carbonyl (C=O) groups is 2. The third-order valence-electron chi connectivity index (χ3n) is 6.60. The number of anilines is 1. The van der Waals surface area contributed by atoms with Gasteiger partial charge in [-0.1, -0.05) is 57.1 Å². The number of aromatic nitrogens is 3. The Morgan fingerprint density at radius 3 is 2.18 bits per heavy atom. The molecule has 1 fully saturated rings. The number of amides is 2. The molecule has 0 aromatic carbocycles. The van der Waals surface area contributed by atoms with E-state index in [4.69, 9.17) is 0 Å². The number of aliphatic hydroxyl groups excluding tert-OH is 5. The molecule has 1 saturated carbocycles. The lowest BCUT2D eigenvalue weighted by Crippen LogP contribution is -2.61. The maximum absolute atomic E-state index is 13.0. The Morgan fingerprint density at radius 2 is 1.58 bits per heavy atom. The Balaban J connectivity index is 1.91. The zero-order valence-electron chi connectivity index (χ0n) is 22.0. The largest absolute Gasteiger partial charge is 0.388 e. The smallest absolute Gasteiger partial charge is 0.249 e. The highest BCUT2D eigenvalue weighted by Gasteiger charge is 2.49. The molecule has 0 saturated heterocycles. The van der Waals surface area contributed by atoms with E-state index < -0.39 is 48.5 Å². The summed E-state index contributed by atoms with van der Waals surface area (Å²) in [6.45, 7) is 5.85. The molecule has 0 aliphatic heterocycles. The van der Waals surface area contributed by atoms with Gasteiger partial charge in [0, 0.05) is 12.2 Å². The summed E-state index contributed by atoms with van der Waals surface area (Å²) >= 11 is 1.43. The van der Waals surface area contributed by atoms with Crippen molar-refractivity contribution >= 4 is 29.4 Å². The summed E-state index contributed by atoms with van der Waals surface area (Å²) in [6.07, 6.45) is 3.69. The molecule has 7 atom stereocenters. The second kappa shape index (κ2) is 17.0. The molecule has 0 spiro atoms. The zero-order chi connectivity index (χ0) is 28.1. The third kappa shape index (κ3) is 9.76. The van der Waals surface area contributed by atoms with Gasteiger partial charge in [-0.05, 0) is 25.5 Å². The number of rotatable bonds is 17. The van der Waals surface area contributed by atoms with Crippen LogP contribution in [0.2, 0.25) is 0 Å². The number of thioether (sulfide) groups is 1. The van der Waals surface area contributed by atoms with Crippen LogP contribution in [0.15, 0.2) is 6.20 Å². The number of hydrogen-bond donors (Lipinski definition) is 7. The molecule has 13 heteroatoms. The summed E-state index contributed by atoms with van der Waals surface area (Å²) < 4.78 is 1.01. The number of nitrogens with zero attached hydrogens (tertiary/aromatic N) is 3. The van der Waals surface area contributed by atoms with Gasteiger partial charge in [0.1, 0.15) is 42.6 Å². The molecule has 0 unspecified atom stereocenters. The summed E-state index contributed by atoms with van der Waals surface area (Å²) in [5, 5.41) is 63.2. The van der Waals surface area contributed by atoms with Crippen LogP contribution in [-0.4, -0.2) is 100 Å². The predicted molar refractivity (Wildman–Crippen MR) is 144 cm³/mol. The Labute approximate surface area is 228 Å². The van der Waals surface area contributed by atoms with Crippen molar-refractivity contribution in [2.24, 2.45) is 0 Å². The first-order valence-electron chi connectivity index (χ1n) is 13.3. The highest BCUT2D eigenvalue weighted by molar-refractivity contribution is 7.99. The summed E-state index contributed by atoms with van der Waals surface area (Å²) in [5.41, 5.74) is 0. The van der Waals surface area contributed by atoms with Crippen molar-refractivity contribution in [2.75, 3.05) is 16.8 Å². The van der Waals surface area contributed by atoms with Crippen molar-refractivity contribution in [3.05, 3.63) is 19.5 Å². The maximum atomic E-state index is 13.0. The molecule has 38 heavy (non-hydrogen) atoms. The quantitative estimate of drug-likeness (QED) is 0.132. The third-order valence-corrected chi connectivity index (χ3v) is 7.64. The molecule has 1 heterocycles. The minimum absolute atomic E-state index is 0.0134. The van der Waals surface area contributed by atoms with Crippen molar-refractivity contribution in [2.45, 2.75) is 107 Å². The summed E-state index contributed by atoms with van der Waals surface area (Å²) in [6, 6.07) is -2.15. The second-order valence-electron chi connectivity index (χ2n) is 9.69. The topological polar surface area (TPSA) is 190 Å². The Hall–Kier alpha value is -1.77. The van der Waals surface area contributed by atoms with E-state index in [9.17, 15) is 35.1 Å². The molecule has 0 bridgehead atoms. The lowest BCUT2D eigenvalue weighted by Gasteiger charge is -2.41. The van der Waals surface area contributed by atoms with Gasteiger partial charge >= 0.3 is 0 Å². The van der Waals surface area contributed by atoms with Gasteiger partial charge in [-0.15, -0.1) is 5.10 Å². The second-order valence-corrected chi connectivity index (χ2v) is 10.8. The van der Waals surface area contributed by atoms with E-state index in [1.165, 1.54) is 50.1 Å². The molecule has 1 aromatic rings. The van der Waals surface area contributed by atoms with Gasteiger partial charge in [0.25, 0.3) is 0 Å². The average Bonchev–Trinajstić information content (AvgIpc) is 3.35. The minimum atomic E-state index is -1.73. The van der Waals surface area contributed by atoms with E-state index in [-0.39, 0.29) is 11.7 Å². The monoisotopic (exact) mass is 557 g/mol. The van der Waals surface area contributed by atoms with E-state index in [1.807, 2.05) is 0 Å². The van der Waals surface area contributed by atoms with E-state index in [0.717, 1.165) is 23.9 Å². The van der Waals surface area contributed by atoms with E-state index in [2.05, 4.69) is 34.8 Å². The van der Waals surface area contributed by atoms with Crippen LogP contribution in [0.1, 0.15) is 70.8 Å². The van der Waals surface area contributed by atoms with Crippen molar-refractivity contribution in [1.82, 2.24) is 20.3 Å². The highest BCUT2D eigenvalue weighted by atomic mass is 32.2. The zero-order valence-corrected chi connectivity index (χ0v) is 22.8. The van der Waals surface area contributed by atoms with E-state index in [0.29, 0.717) is 17.9 Å². The number of unbranched alkanes of at least 4 members (excludes halogenated alkanes) is 7. The average molecular weight is 558 g/mol. The highest BCUT2D eigenvalue weighted by Crippen LogP contribution is 2.30. The van der Waals surface area contributed by atoms with E-state index in [1.54, 1.807) is 6.42 Å². The fraction of sp³-hybridized carbons (Fsp3) is 0.760. The molecule has 12 nitrogen and oxygen atoms in total. The number of hydrogen-bond acceptors (Lipinski definition) is 10. The van der Waals surface area contributed by atoms with Crippen molar-refractivity contribution in [3.8, 4) is 0 Å². The normalized spacial score (nSPS) is 26.2.